The van der Waals surface area contributed by atoms with Gasteiger partial charge in [0.1, 0.15) is 0 Å². The fourth-order valence-electron chi connectivity index (χ4n) is 2.27. The van der Waals surface area contributed by atoms with Crippen LogP contribution in [0.2, 0.25) is 20.1 Å². The van der Waals surface area contributed by atoms with E-state index in [2.05, 4.69) is 16.0 Å². The van der Waals surface area contributed by atoms with E-state index in [4.69, 9.17) is 70.8 Å². The summed E-state index contributed by atoms with van der Waals surface area (Å²) in [4.78, 5) is 1.81. The van der Waals surface area contributed by atoms with Gasteiger partial charge in [0.25, 0.3) is 0 Å². The van der Waals surface area contributed by atoms with Crippen molar-refractivity contribution in [3.05, 3.63) is 56.5 Å². The van der Waals surface area contributed by atoms with Gasteiger partial charge in [0.05, 0.1) is 26.7 Å². The molecule has 0 fully saturated rings. The first kappa shape index (κ1) is 24.2. The van der Waals surface area contributed by atoms with E-state index in [0.29, 0.717) is 55.6 Å². The summed E-state index contributed by atoms with van der Waals surface area (Å²) in [6.45, 7) is 1.32. The van der Waals surface area contributed by atoms with Crippen LogP contribution in [0.5, 0.6) is 0 Å². The number of aliphatic hydroxyl groups is 1. The van der Waals surface area contributed by atoms with Crippen LogP contribution in [-0.4, -0.2) is 46.5 Å². The Morgan fingerprint density at radius 3 is 1.90 bits per heavy atom. The van der Waals surface area contributed by atoms with E-state index < -0.39 is 0 Å². The summed E-state index contributed by atoms with van der Waals surface area (Å²) in [6, 6.07) is 10.3. The lowest BCUT2D eigenvalue weighted by Crippen LogP contribution is -2.42. The molecule has 2 aromatic rings. The number of thiocarbonyl (C=S) groups is 2. The molecule has 0 heterocycles. The maximum atomic E-state index is 9.33. The van der Waals surface area contributed by atoms with E-state index in [1.807, 2.05) is 4.90 Å². The Bertz CT molecular complexity index is 885. The molecule has 29 heavy (non-hydrogen) atoms. The van der Waals surface area contributed by atoms with Gasteiger partial charge in [-0.2, -0.15) is 0 Å². The summed E-state index contributed by atoms with van der Waals surface area (Å²) >= 11 is 34.6. The molecule has 0 unspecified atom stereocenters. The fourth-order valence-corrected chi connectivity index (χ4v) is 3.38. The number of nitrogens with zero attached hydrogens (tertiary/aromatic N) is 1. The van der Waals surface area contributed by atoms with Gasteiger partial charge < -0.3 is 26.0 Å². The van der Waals surface area contributed by atoms with E-state index in [-0.39, 0.29) is 6.61 Å². The van der Waals surface area contributed by atoms with E-state index in [0.717, 1.165) is 5.69 Å². The lowest BCUT2D eigenvalue weighted by Gasteiger charge is -2.25. The lowest BCUT2D eigenvalue weighted by atomic mass is 10.3. The van der Waals surface area contributed by atoms with Crippen LogP contribution in [0, 0.1) is 0 Å². The summed E-state index contributed by atoms with van der Waals surface area (Å²) < 4.78 is 0. The number of anilines is 2. The van der Waals surface area contributed by atoms with Gasteiger partial charge in [-0.3, -0.25) is 0 Å². The van der Waals surface area contributed by atoms with Gasteiger partial charge in [-0.15, -0.1) is 0 Å². The van der Waals surface area contributed by atoms with Crippen molar-refractivity contribution in [3.8, 4) is 0 Å². The van der Waals surface area contributed by atoms with E-state index in [1.165, 1.54) is 0 Å². The molecule has 0 aliphatic heterocycles. The smallest absolute Gasteiger partial charge is 0.173 e. The predicted molar refractivity (Wildman–Crippen MR) is 132 cm³/mol. The molecule has 0 atom stereocenters. The van der Waals surface area contributed by atoms with Crippen LogP contribution < -0.4 is 16.0 Å². The van der Waals surface area contributed by atoms with E-state index in [9.17, 15) is 5.11 Å². The predicted octanol–water partition coefficient (Wildman–Crippen LogP) is 5.28. The highest BCUT2D eigenvalue weighted by atomic mass is 35.5. The molecular formula is C18H18Cl4N4OS2. The van der Waals surface area contributed by atoms with Crippen molar-refractivity contribution in [2.45, 2.75) is 0 Å². The summed E-state index contributed by atoms with van der Waals surface area (Å²) in [5, 5.41) is 21.2. The highest BCUT2D eigenvalue weighted by Gasteiger charge is 2.11. The minimum atomic E-state index is -0.0465. The Morgan fingerprint density at radius 1 is 0.828 bits per heavy atom. The molecule has 11 heteroatoms. The number of nitrogens with one attached hydrogen (secondary N) is 3. The molecule has 0 radical (unpaired) electrons. The highest BCUT2D eigenvalue weighted by Crippen LogP contribution is 2.26. The lowest BCUT2D eigenvalue weighted by molar-refractivity contribution is 0.252. The van der Waals surface area contributed by atoms with Crippen LogP contribution in [0.3, 0.4) is 0 Å². The van der Waals surface area contributed by atoms with Gasteiger partial charge in [-0.25, -0.2) is 0 Å². The fraction of sp³-hybridized carbons (Fsp3) is 0.222. The quantitative estimate of drug-likeness (QED) is 0.377. The molecule has 4 N–H and O–H groups in total. The van der Waals surface area contributed by atoms with Gasteiger partial charge in [-0.05, 0) is 60.8 Å². The minimum absolute atomic E-state index is 0.0465. The molecule has 0 saturated carbocycles. The first-order valence-electron chi connectivity index (χ1n) is 8.42. The van der Waals surface area contributed by atoms with Crippen molar-refractivity contribution in [1.82, 2.24) is 10.2 Å². The molecule has 156 valence electrons. The number of benzene rings is 2. The molecule has 5 nitrogen and oxygen atoms in total. The first-order valence-corrected chi connectivity index (χ1v) is 10.7. The topological polar surface area (TPSA) is 59.6 Å². The van der Waals surface area contributed by atoms with Crippen molar-refractivity contribution < 1.29 is 5.11 Å². The Kier molecular flexibility index (Phi) is 9.98. The molecule has 0 bridgehead atoms. The molecule has 2 aromatic carbocycles. The maximum absolute atomic E-state index is 9.33. The standard InChI is InChI=1S/C18H18Cl4N4OS2/c19-13-3-1-11(9-15(13)21)24-17(28)23-5-6-26(7-8-27)18(29)25-12-2-4-14(20)16(22)10-12/h1-4,9-10,27H,5-8H2,(H,25,29)(H2,23,24,28). The van der Waals surface area contributed by atoms with E-state index in [1.54, 1.807) is 36.4 Å². The molecule has 0 aliphatic carbocycles. The second-order valence-corrected chi connectivity index (χ2v) is 8.20. The summed E-state index contributed by atoms with van der Waals surface area (Å²) in [5.41, 5.74) is 1.43. The average molecular weight is 512 g/mol. The Hall–Kier alpha value is -1.06. The maximum Gasteiger partial charge on any atom is 0.173 e. The normalized spacial score (nSPS) is 10.4. The zero-order chi connectivity index (χ0) is 21.4. The van der Waals surface area contributed by atoms with Crippen LogP contribution >= 0.6 is 70.8 Å². The first-order chi connectivity index (χ1) is 13.8. The van der Waals surface area contributed by atoms with Crippen molar-refractivity contribution >= 4 is 92.4 Å². The third-order valence-corrected chi connectivity index (χ3v) is 5.76. The van der Waals surface area contributed by atoms with Crippen molar-refractivity contribution in [2.75, 3.05) is 36.9 Å². The van der Waals surface area contributed by atoms with Crippen LogP contribution in [0.15, 0.2) is 36.4 Å². The zero-order valence-electron chi connectivity index (χ0n) is 15.0. The van der Waals surface area contributed by atoms with Gasteiger partial charge in [0, 0.05) is 31.0 Å². The van der Waals surface area contributed by atoms with Crippen molar-refractivity contribution in [3.63, 3.8) is 0 Å². The summed E-state index contributed by atoms with van der Waals surface area (Å²) in [5.74, 6) is 0. The number of halogens is 4. The van der Waals surface area contributed by atoms with Crippen LogP contribution in [0.4, 0.5) is 11.4 Å². The Morgan fingerprint density at radius 2 is 1.38 bits per heavy atom. The number of hydrogen-bond donors (Lipinski definition) is 4. The molecule has 0 aromatic heterocycles. The Balaban J connectivity index is 1.85. The Labute approximate surface area is 200 Å². The van der Waals surface area contributed by atoms with Crippen LogP contribution in [0.25, 0.3) is 0 Å². The van der Waals surface area contributed by atoms with E-state index >= 15 is 0 Å². The molecule has 0 saturated heterocycles. The third kappa shape index (κ3) is 7.94. The molecular weight excluding hydrogens is 494 g/mol. The monoisotopic (exact) mass is 510 g/mol. The van der Waals surface area contributed by atoms with Crippen LogP contribution in [-0.2, 0) is 0 Å². The number of aliphatic hydroxyl groups excluding tert-OH is 1. The minimum Gasteiger partial charge on any atom is -0.395 e. The van der Waals surface area contributed by atoms with Gasteiger partial charge in [0.15, 0.2) is 10.2 Å². The summed E-state index contributed by atoms with van der Waals surface area (Å²) in [6.07, 6.45) is 0. The van der Waals surface area contributed by atoms with Gasteiger partial charge in [0.2, 0.25) is 0 Å². The summed E-state index contributed by atoms with van der Waals surface area (Å²) in [7, 11) is 0. The molecule has 0 amide bonds. The molecule has 2 rings (SSSR count). The van der Waals surface area contributed by atoms with Crippen molar-refractivity contribution in [1.29, 1.82) is 0 Å². The largest absolute Gasteiger partial charge is 0.395 e. The number of hydrogen-bond acceptors (Lipinski definition) is 3. The molecule has 0 aliphatic rings. The van der Waals surface area contributed by atoms with Crippen molar-refractivity contribution in [2.24, 2.45) is 0 Å². The second-order valence-electron chi connectivity index (χ2n) is 5.78. The van der Waals surface area contributed by atoms with Crippen LogP contribution in [0.1, 0.15) is 0 Å². The average Bonchev–Trinajstić information content (AvgIpc) is 2.67. The highest BCUT2D eigenvalue weighted by molar-refractivity contribution is 7.80. The SMILES string of the molecule is OCCN(CCNC(=S)Nc1ccc(Cl)c(Cl)c1)C(=S)Nc1ccc(Cl)c(Cl)c1. The third-order valence-electron chi connectivity index (χ3n) is 3.67. The second kappa shape index (κ2) is 12.0. The number of rotatable bonds is 7. The zero-order valence-corrected chi connectivity index (χ0v) is 19.7. The molecule has 0 spiro atoms. The van der Waals surface area contributed by atoms with Gasteiger partial charge >= 0.3 is 0 Å². The van der Waals surface area contributed by atoms with Gasteiger partial charge in [-0.1, -0.05) is 46.4 Å².